The van der Waals surface area contributed by atoms with Crippen molar-refractivity contribution in [3.05, 3.63) is 46.6 Å². The Hall–Kier alpha value is -1.49. The summed E-state index contributed by atoms with van der Waals surface area (Å²) in [4.78, 5) is 14.5. The molecule has 0 saturated heterocycles. The molecule has 0 N–H and O–H groups in total. The Kier molecular flexibility index (Phi) is 4.47. The van der Waals surface area contributed by atoms with Crippen LogP contribution in [-0.4, -0.2) is 10.4 Å². The van der Waals surface area contributed by atoms with E-state index in [-0.39, 0.29) is 5.88 Å². The first kappa shape index (κ1) is 13.9. The van der Waals surface area contributed by atoms with Crippen molar-refractivity contribution in [2.45, 2.75) is 0 Å². The average Bonchev–Trinajstić information content (AvgIpc) is 2.34. The molecule has 0 saturated carbocycles. The molecule has 0 radical (unpaired) electrons. The summed E-state index contributed by atoms with van der Waals surface area (Å²) in [5, 5.41) is 0.713. The quantitative estimate of drug-likeness (QED) is 0.754. The minimum atomic E-state index is -0.906. The maximum absolute atomic E-state index is 10.5. The molecule has 0 aliphatic carbocycles. The highest BCUT2D eigenvalue weighted by Crippen LogP contribution is 2.29. The van der Waals surface area contributed by atoms with E-state index in [0.717, 1.165) is 0 Å². The summed E-state index contributed by atoms with van der Waals surface area (Å²) in [5.74, 6) is 1.02. The molecule has 0 bridgehead atoms. The van der Waals surface area contributed by atoms with Crippen molar-refractivity contribution in [3.8, 4) is 17.4 Å². The predicted molar refractivity (Wildman–Crippen MR) is 72.7 cm³/mol. The van der Waals surface area contributed by atoms with E-state index in [9.17, 15) is 4.79 Å². The lowest BCUT2D eigenvalue weighted by Gasteiger charge is -2.07. The second-order valence-corrected chi connectivity index (χ2v) is 4.51. The zero-order valence-corrected chi connectivity index (χ0v) is 11.5. The number of hydrogen-bond donors (Lipinski definition) is 0. The number of carbonyl (C=O) groups excluding carboxylic acids is 1. The summed E-state index contributed by atoms with van der Waals surface area (Å²) in [7, 11) is 0. The molecule has 4 nitrogen and oxygen atoms in total. The minimum absolute atomic E-state index is 0.230. The van der Waals surface area contributed by atoms with Crippen LogP contribution in [0.25, 0.3) is 0 Å². The number of nitrogens with zero attached hydrogens (tertiary/aromatic N) is 1. The third kappa shape index (κ3) is 3.99. The van der Waals surface area contributed by atoms with Gasteiger partial charge < -0.3 is 9.47 Å². The monoisotopic (exact) mass is 317 g/mol. The number of hydrogen-bond acceptors (Lipinski definition) is 4. The molecule has 0 fully saturated rings. The molecule has 2 aromatic rings. The van der Waals surface area contributed by atoms with Gasteiger partial charge in [0, 0.05) is 17.8 Å². The van der Waals surface area contributed by atoms with E-state index in [1.165, 1.54) is 24.4 Å². The summed E-state index contributed by atoms with van der Waals surface area (Å²) < 4.78 is 10.1. The maximum atomic E-state index is 10.5. The van der Waals surface area contributed by atoms with Crippen LogP contribution in [0.1, 0.15) is 0 Å². The summed E-state index contributed by atoms with van der Waals surface area (Å²) >= 11 is 16.7. The standard InChI is InChI=1S/C12H6Cl3NO3/c13-7-5-10(14)11(16-6-7)18-8-1-3-9(4-2-8)19-12(15)17/h1-6H. The highest BCUT2D eigenvalue weighted by Gasteiger charge is 2.06. The van der Waals surface area contributed by atoms with Gasteiger partial charge in [0.25, 0.3) is 0 Å². The van der Waals surface area contributed by atoms with Crippen LogP contribution in [0.3, 0.4) is 0 Å². The SMILES string of the molecule is O=C(Cl)Oc1ccc(Oc2ncc(Cl)cc2Cl)cc1. The maximum Gasteiger partial charge on any atom is 0.409 e. The molecular formula is C12H6Cl3NO3. The lowest BCUT2D eigenvalue weighted by Crippen LogP contribution is -1.95. The van der Waals surface area contributed by atoms with E-state index >= 15 is 0 Å². The Bertz CT molecular complexity index is 602. The lowest BCUT2D eigenvalue weighted by atomic mass is 10.3. The fourth-order valence-corrected chi connectivity index (χ4v) is 1.76. The number of halogens is 3. The van der Waals surface area contributed by atoms with Crippen molar-refractivity contribution in [2.75, 3.05) is 0 Å². The summed E-state index contributed by atoms with van der Waals surface area (Å²) in [6, 6.07) is 7.75. The van der Waals surface area contributed by atoms with Crippen molar-refractivity contribution >= 4 is 40.2 Å². The Morgan fingerprint density at radius 1 is 1.11 bits per heavy atom. The van der Waals surface area contributed by atoms with Gasteiger partial charge in [0.05, 0.1) is 5.02 Å². The highest BCUT2D eigenvalue weighted by molar-refractivity contribution is 6.61. The van der Waals surface area contributed by atoms with Gasteiger partial charge in [0.2, 0.25) is 5.88 Å². The van der Waals surface area contributed by atoms with E-state index in [2.05, 4.69) is 9.72 Å². The van der Waals surface area contributed by atoms with Crippen LogP contribution in [0.4, 0.5) is 4.79 Å². The average molecular weight is 319 g/mol. The molecule has 19 heavy (non-hydrogen) atoms. The summed E-state index contributed by atoms with van der Waals surface area (Å²) in [6.45, 7) is 0. The van der Waals surface area contributed by atoms with Crippen LogP contribution in [-0.2, 0) is 0 Å². The minimum Gasteiger partial charge on any atom is -0.438 e. The van der Waals surface area contributed by atoms with Crippen LogP contribution >= 0.6 is 34.8 Å². The Morgan fingerprint density at radius 2 is 1.74 bits per heavy atom. The molecule has 2 rings (SSSR count). The van der Waals surface area contributed by atoms with Crippen LogP contribution in [0.15, 0.2) is 36.5 Å². The lowest BCUT2D eigenvalue weighted by molar-refractivity contribution is 0.225. The zero-order chi connectivity index (χ0) is 13.8. The van der Waals surface area contributed by atoms with E-state index in [1.807, 2.05) is 0 Å². The fourth-order valence-electron chi connectivity index (χ4n) is 1.26. The molecular weight excluding hydrogens is 312 g/mol. The van der Waals surface area contributed by atoms with Gasteiger partial charge in [-0.25, -0.2) is 9.78 Å². The second kappa shape index (κ2) is 6.10. The van der Waals surface area contributed by atoms with E-state index in [4.69, 9.17) is 39.5 Å². The number of carbonyl (C=O) groups is 1. The van der Waals surface area contributed by atoms with Gasteiger partial charge >= 0.3 is 5.43 Å². The molecule has 98 valence electrons. The van der Waals surface area contributed by atoms with Gasteiger partial charge in [-0.2, -0.15) is 0 Å². The molecule has 1 aromatic heterocycles. The molecule has 0 aliphatic heterocycles. The normalized spacial score (nSPS) is 10.1. The Balaban J connectivity index is 2.13. The fraction of sp³-hybridized carbons (Fsp3) is 0. The summed E-state index contributed by atoms with van der Waals surface area (Å²) in [6.07, 6.45) is 1.42. The van der Waals surface area contributed by atoms with E-state index in [0.29, 0.717) is 21.5 Å². The zero-order valence-electron chi connectivity index (χ0n) is 9.27. The number of rotatable bonds is 3. The first-order chi connectivity index (χ1) is 9.04. The van der Waals surface area contributed by atoms with Gasteiger partial charge in [-0.15, -0.1) is 0 Å². The highest BCUT2D eigenvalue weighted by atomic mass is 35.5. The van der Waals surface area contributed by atoms with Crippen molar-refractivity contribution in [3.63, 3.8) is 0 Å². The number of ether oxygens (including phenoxy) is 2. The molecule has 0 aliphatic rings. The van der Waals surface area contributed by atoms with Crippen LogP contribution in [0, 0.1) is 0 Å². The van der Waals surface area contributed by atoms with Crippen LogP contribution in [0.2, 0.25) is 10.0 Å². The molecule has 0 spiro atoms. The topological polar surface area (TPSA) is 48.4 Å². The number of aromatic nitrogens is 1. The van der Waals surface area contributed by atoms with Gasteiger partial charge in [-0.05, 0) is 30.3 Å². The predicted octanol–water partition coefficient (Wildman–Crippen LogP) is 4.92. The van der Waals surface area contributed by atoms with Crippen molar-refractivity contribution < 1.29 is 14.3 Å². The molecule has 1 heterocycles. The Morgan fingerprint density at radius 3 is 2.32 bits per heavy atom. The molecule has 1 aromatic carbocycles. The van der Waals surface area contributed by atoms with Crippen LogP contribution < -0.4 is 9.47 Å². The Labute approximate surface area is 123 Å². The van der Waals surface area contributed by atoms with Gasteiger partial charge in [-0.3, -0.25) is 0 Å². The largest absolute Gasteiger partial charge is 0.438 e. The van der Waals surface area contributed by atoms with Gasteiger partial charge in [0.1, 0.15) is 16.5 Å². The molecule has 0 atom stereocenters. The second-order valence-electron chi connectivity index (χ2n) is 3.35. The van der Waals surface area contributed by atoms with E-state index < -0.39 is 5.43 Å². The number of pyridine rings is 1. The van der Waals surface area contributed by atoms with Crippen molar-refractivity contribution in [1.29, 1.82) is 0 Å². The smallest absolute Gasteiger partial charge is 0.409 e. The van der Waals surface area contributed by atoms with E-state index in [1.54, 1.807) is 12.1 Å². The molecule has 0 amide bonds. The summed E-state index contributed by atoms with van der Waals surface area (Å²) in [5.41, 5.74) is -0.906. The van der Waals surface area contributed by atoms with Crippen LogP contribution in [0.5, 0.6) is 17.4 Å². The van der Waals surface area contributed by atoms with Gasteiger partial charge in [-0.1, -0.05) is 23.2 Å². The first-order valence-electron chi connectivity index (χ1n) is 5.01. The first-order valence-corrected chi connectivity index (χ1v) is 6.14. The molecule has 0 unspecified atom stereocenters. The third-order valence-electron chi connectivity index (χ3n) is 2.01. The van der Waals surface area contributed by atoms with Crippen molar-refractivity contribution in [2.24, 2.45) is 0 Å². The van der Waals surface area contributed by atoms with Crippen molar-refractivity contribution in [1.82, 2.24) is 4.98 Å². The molecule has 7 heteroatoms. The third-order valence-corrected chi connectivity index (χ3v) is 2.57. The van der Waals surface area contributed by atoms with Gasteiger partial charge in [0.15, 0.2) is 0 Å². The number of benzene rings is 1.